The highest BCUT2D eigenvalue weighted by molar-refractivity contribution is 5.42. The molecule has 1 aliphatic heterocycles. The molecule has 2 aromatic heterocycles. The fraction of sp³-hybridized carbons (Fsp3) is 0.467. The van der Waals surface area contributed by atoms with Gasteiger partial charge in [-0.25, -0.2) is 4.98 Å². The number of aliphatic hydroxyl groups is 1. The zero-order valence-corrected chi connectivity index (χ0v) is 12.3. The van der Waals surface area contributed by atoms with E-state index >= 15 is 0 Å². The fourth-order valence-electron chi connectivity index (χ4n) is 2.75. The van der Waals surface area contributed by atoms with Gasteiger partial charge in [-0.3, -0.25) is 4.68 Å². The number of pyridine rings is 1. The molecule has 3 heterocycles. The zero-order valence-electron chi connectivity index (χ0n) is 12.3. The highest BCUT2D eigenvalue weighted by Gasteiger charge is 2.21. The largest absolute Gasteiger partial charge is 0.390 e. The second kappa shape index (κ2) is 6.54. The lowest BCUT2D eigenvalue weighted by atomic mass is 9.97. The Hall–Kier alpha value is -2.46. The molecule has 0 saturated carbocycles. The van der Waals surface area contributed by atoms with E-state index in [2.05, 4.69) is 26.3 Å². The number of aliphatic hydroxyl groups excluding tert-OH is 1. The van der Waals surface area contributed by atoms with Crippen molar-refractivity contribution in [1.29, 1.82) is 5.26 Å². The van der Waals surface area contributed by atoms with E-state index in [0.29, 0.717) is 17.2 Å². The van der Waals surface area contributed by atoms with Crippen molar-refractivity contribution in [2.75, 3.05) is 18.0 Å². The summed E-state index contributed by atoms with van der Waals surface area (Å²) < 4.78 is 1.81. The Balaban J connectivity index is 1.54. The third-order valence-corrected chi connectivity index (χ3v) is 4.01. The summed E-state index contributed by atoms with van der Waals surface area (Å²) in [6, 6.07) is 5.80. The Kier molecular flexibility index (Phi) is 4.30. The van der Waals surface area contributed by atoms with Crippen molar-refractivity contribution < 1.29 is 5.11 Å². The monoisotopic (exact) mass is 298 g/mol. The average molecular weight is 298 g/mol. The molecule has 1 saturated heterocycles. The maximum absolute atomic E-state index is 9.01. The molecule has 0 radical (unpaired) electrons. The Labute approximate surface area is 128 Å². The van der Waals surface area contributed by atoms with Gasteiger partial charge in [0.1, 0.15) is 17.6 Å². The molecule has 0 amide bonds. The van der Waals surface area contributed by atoms with Crippen LogP contribution in [-0.2, 0) is 13.2 Å². The number of hydrogen-bond acceptors (Lipinski definition) is 6. The van der Waals surface area contributed by atoms with Crippen LogP contribution in [0, 0.1) is 17.2 Å². The van der Waals surface area contributed by atoms with Crippen LogP contribution in [-0.4, -0.2) is 38.2 Å². The molecule has 0 aromatic carbocycles. The van der Waals surface area contributed by atoms with Crippen LogP contribution in [0.3, 0.4) is 0 Å². The normalized spacial score (nSPS) is 15.7. The lowest BCUT2D eigenvalue weighted by Gasteiger charge is -2.32. The SMILES string of the molecule is N#Cc1ccc(N2CCC(Cn3cc(CO)nn3)CC2)nc1. The third-order valence-electron chi connectivity index (χ3n) is 4.01. The van der Waals surface area contributed by atoms with Gasteiger partial charge >= 0.3 is 0 Å². The molecule has 0 aliphatic carbocycles. The van der Waals surface area contributed by atoms with Gasteiger partial charge in [-0.15, -0.1) is 5.10 Å². The number of nitrogens with zero attached hydrogens (tertiary/aromatic N) is 6. The van der Waals surface area contributed by atoms with E-state index in [1.165, 1.54) is 0 Å². The summed E-state index contributed by atoms with van der Waals surface area (Å²) in [5.41, 5.74) is 1.20. The van der Waals surface area contributed by atoms with Gasteiger partial charge in [-0.2, -0.15) is 5.26 Å². The lowest BCUT2D eigenvalue weighted by Crippen LogP contribution is -2.35. The molecule has 0 spiro atoms. The molecule has 1 aliphatic rings. The van der Waals surface area contributed by atoms with E-state index in [9.17, 15) is 0 Å². The Morgan fingerprint density at radius 2 is 2.14 bits per heavy atom. The van der Waals surface area contributed by atoms with Crippen LogP contribution in [0.4, 0.5) is 5.82 Å². The quantitative estimate of drug-likeness (QED) is 0.904. The maximum Gasteiger partial charge on any atom is 0.128 e. The van der Waals surface area contributed by atoms with Crippen LogP contribution in [0.5, 0.6) is 0 Å². The summed E-state index contributed by atoms with van der Waals surface area (Å²) in [7, 11) is 0. The molecule has 3 rings (SSSR count). The summed E-state index contributed by atoms with van der Waals surface area (Å²) >= 11 is 0. The van der Waals surface area contributed by atoms with Gasteiger partial charge in [0.2, 0.25) is 0 Å². The van der Waals surface area contributed by atoms with Gasteiger partial charge in [0.25, 0.3) is 0 Å². The summed E-state index contributed by atoms with van der Waals surface area (Å²) in [5.74, 6) is 1.49. The van der Waals surface area contributed by atoms with Crippen molar-refractivity contribution >= 4 is 5.82 Å². The van der Waals surface area contributed by atoms with Gasteiger partial charge < -0.3 is 10.0 Å². The van der Waals surface area contributed by atoms with Crippen molar-refractivity contribution in [1.82, 2.24) is 20.0 Å². The predicted molar refractivity (Wildman–Crippen MR) is 79.8 cm³/mol. The van der Waals surface area contributed by atoms with Crippen LogP contribution in [0.25, 0.3) is 0 Å². The summed E-state index contributed by atoms with van der Waals surface area (Å²) in [5, 5.41) is 25.7. The van der Waals surface area contributed by atoms with E-state index < -0.39 is 0 Å². The van der Waals surface area contributed by atoms with Gasteiger partial charge in [0.05, 0.1) is 18.4 Å². The molecule has 7 nitrogen and oxygen atoms in total. The first-order valence-corrected chi connectivity index (χ1v) is 7.39. The minimum absolute atomic E-state index is 0.0667. The second-order valence-corrected chi connectivity index (χ2v) is 5.54. The molecular weight excluding hydrogens is 280 g/mol. The number of anilines is 1. The van der Waals surface area contributed by atoms with Crippen LogP contribution in [0.15, 0.2) is 24.5 Å². The summed E-state index contributed by atoms with van der Waals surface area (Å²) in [6.07, 6.45) is 5.55. The highest BCUT2D eigenvalue weighted by atomic mass is 16.3. The van der Waals surface area contributed by atoms with Gasteiger partial charge in [0, 0.05) is 25.8 Å². The van der Waals surface area contributed by atoms with Crippen molar-refractivity contribution in [2.24, 2.45) is 5.92 Å². The second-order valence-electron chi connectivity index (χ2n) is 5.54. The number of hydrogen-bond donors (Lipinski definition) is 1. The van der Waals surface area contributed by atoms with Crippen molar-refractivity contribution in [3.8, 4) is 6.07 Å². The predicted octanol–water partition coefficient (Wildman–Crippen LogP) is 0.954. The summed E-state index contributed by atoms with van der Waals surface area (Å²) in [6.45, 7) is 2.67. The minimum Gasteiger partial charge on any atom is -0.390 e. The van der Waals surface area contributed by atoms with Gasteiger partial charge in [0.15, 0.2) is 0 Å². The maximum atomic E-state index is 9.01. The molecular formula is C15H18N6O. The molecule has 7 heteroatoms. The van der Waals surface area contributed by atoms with E-state index in [-0.39, 0.29) is 6.61 Å². The topological polar surface area (TPSA) is 90.9 Å². The molecule has 114 valence electrons. The van der Waals surface area contributed by atoms with Gasteiger partial charge in [-0.1, -0.05) is 5.21 Å². The summed E-state index contributed by atoms with van der Waals surface area (Å²) in [4.78, 5) is 6.59. The highest BCUT2D eigenvalue weighted by Crippen LogP contribution is 2.23. The number of piperidine rings is 1. The van der Waals surface area contributed by atoms with Crippen molar-refractivity contribution in [3.63, 3.8) is 0 Å². The Morgan fingerprint density at radius 1 is 1.32 bits per heavy atom. The lowest BCUT2D eigenvalue weighted by molar-refractivity contribution is 0.276. The first-order valence-electron chi connectivity index (χ1n) is 7.39. The first-order chi connectivity index (χ1) is 10.8. The van der Waals surface area contributed by atoms with E-state index in [4.69, 9.17) is 10.4 Å². The fourth-order valence-corrected chi connectivity index (χ4v) is 2.75. The number of nitriles is 1. The molecule has 0 unspecified atom stereocenters. The van der Waals surface area contributed by atoms with Crippen LogP contribution in [0.1, 0.15) is 24.1 Å². The Bertz CT molecular complexity index is 651. The molecule has 2 aromatic rings. The van der Waals surface area contributed by atoms with Crippen LogP contribution >= 0.6 is 0 Å². The average Bonchev–Trinajstić information content (AvgIpc) is 3.03. The van der Waals surface area contributed by atoms with Crippen LogP contribution in [0.2, 0.25) is 0 Å². The smallest absolute Gasteiger partial charge is 0.128 e. The first kappa shape index (κ1) is 14.5. The standard InChI is InChI=1S/C15H18N6O/c16-7-13-1-2-15(17-8-13)20-5-3-12(4-6-20)9-21-10-14(11-22)18-19-21/h1-2,8,10,12,22H,3-6,9,11H2. The van der Waals surface area contributed by atoms with E-state index in [0.717, 1.165) is 38.3 Å². The van der Waals surface area contributed by atoms with Gasteiger partial charge in [-0.05, 0) is 30.9 Å². The van der Waals surface area contributed by atoms with Crippen molar-refractivity contribution in [2.45, 2.75) is 26.0 Å². The number of rotatable bonds is 4. The molecule has 0 atom stereocenters. The van der Waals surface area contributed by atoms with Crippen LogP contribution < -0.4 is 4.90 Å². The molecule has 22 heavy (non-hydrogen) atoms. The van der Waals surface area contributed by atoms with E-state index in [1.807, 2.05) is 10.7 Å². The minimum atomic E-state index is -0.0667. The third kappa shape index (κ3) is 3.23. The van der Waals surface area contributed by atoms with Crippen molar-refractivity contribution in [3.05, 3.63) is 35.8 Å². The molecule has 1 fully saturated rings. The Morgan fingerprint density at radius 3 is 2.73 bits per heavy atom. The molecule has 1 N–H and O–H groups in total. The van der Waals surface area contributed by atoms with E-state index in [1.54, 1.807) is 18.5 Å². The molecule has 0 bridgehead atoms. The number of aromatic nitrogens is 4. The zero-order chi connectivity index (χ0) is 15.4.